The van der Waals surface area contributed by atoms with Crippen LogP contribution in [0.5, 0.6) is 0 Å². The van der Waals surface area contributed by atoms with Gasteiger partial charge < -0.3 is 4.90 Å². The van der Waals surface area contributed by atoms with E-state index in [0.29, 0.717) is 0 Å². The second-order valence-electron chi connectivity index (χ2n) is 4.45. The molecule has 0 aliphatic heterocycles. The van der Waals surface area contributed by atoms with Crippen LogP contribution in [0, 0.1) is 0 Å². The van der Waals surface area contributed by atoms with E-state index in [9.17, 15) is 0 Å². The molecule has 0 aliphatic rings. The van der Waals surface area contributed by atoms with Gasteiger partial charge in [-0.05, 0) is 29.8 Å². The largest absolute Gasteiger partial charge is 0.307 e. The Balaban J connectivity index is 1.96. The molecule has 0 unspecified atom stereocenters. The molecule has 98 valence electrons. The molecule has 2 aromatic heterocycles. The van der Waals surface area contributed by atoms with E-state index < -0.39 is 0 Å². The maximum Gasteiger partial charge on any atom is 0.134 e. The van der Waals surface area contributed by atoms with Gasteiger partial charge in [-0.25, -0.2) is 9.97 Å². The standard InChI is InChI=1S/C17H15N3/c1-2-8-15(9-3-1)14-20(16-10-4-6-12-18-16)17-11-5-7-13-19-17/h1-13H,14H2. The summed E-state index contributed by atoms with van der Waals surface area (Å²) in [7, 11) is 0. The number of hydrogen-bond donors (Lipinski definition) is 0. The monoisotopic (exact) mass is 261 g/mol. The second kappa shape index (κ2) is 5.97. The summed E-state index contributed by atoms with van der Waals surface area (Å²) in [5.74, 6) is 1.80. The molecular weight excluding hydrogens is 246 g/mol. The van der Waals surface area contributed by atoms with Crippen molar-refractivity contribution in [3.8, 4) is 0 Å². The molecule has 0 amide bonds. The van der Waals surface area contributed by atoms with Crippen LogP contribution in [0.25, 0.3) is 0 Å². The normalized spacial score (nSPS) is 10.2. The number of pyridine rings is 2. The van der Waals surface area contributed by atoms with Crippen LogP contribution in [-0.4, -0.2) is 9.97 Å². The predicted molar refractivity (Wildman–Crippen MR) is 80.8 cm³/mol. The van der Waals surface area contributed by atoms with Crippen molar-refractivity contribution in [2.45, 2.75) is 6.54 Å². The summed E-state index contributed by atoms with van der Waals surface area (Å²) >= 11 is 0. The Morgan fingerprint density at radius 1 is 0.650 bits per heavy atom. The molecule has 2 heterocycles. The average Bonchev–Trinajstić information content (AvgIpc) is 2.55. The summed E-state index contributed by atoms with van der Waals surface area (Å²) < 4.78 is 0. The molecule has 0 radical (unpaired) electrons. The number of anilines is 2. The van der Waals surface area contributed by atoms with Gasteiger partial charge in [0, 0.05) is 12.4 Å². The molecular formula is C17H15N3. The Bertz CT molecular complexity index is 599. The molecule has 0 spiro atoms. The van der Waals surface area contributed by atoms with E-state index in [-0.39, 0.29) is 0 Å². The molecule has 3 aromatic rings. The van der Waals surface area contributed by atoms with Crippen LogP contribution in [0.1, 0.15) is 5.56 Å². The number of hydrogen-bond acceptors (Lipinski definition) is 3. The van der Waals surface area contributed by atoms with Crippen molar-refractivity contribution in [1.82, 2.24) is 9.97 Å². The lowest BCUT2D eigenvalue weighted by Crippen LogP contribution is -2.18. The number of benzene rings is 1. The Labute approximate surface area is 118 Å². The highest BCUT2D eigenvalue weighted by Crippen LogP contribution is 2.23. The van der Waals surface area contributed by atoms with E-state index in [0.717, 1.165) is 18.2 Å². The first-order chi connectivity index (χ1) is 9.93. The number of nitrogens with zero attached hydrogens (tertiary/aromatic N) is 3. The quantitative estimate of drug-likeness (QED) is 0.715. The van der Waals surface area contributed by atoms with Crippen LogP contribution < -0.4 is 4.90 Å². The summed E-state index contributed by atoms with van der Waals surface area (Å²) in [6.45, 7) is 0.745. The lowest BCUT2D eigenvalue weighted by Gasteiger charge is -2.22. The van der Waals surface area contributed by atoms with E-state index in [1.165, 1.54) is 5.56 Å². The fourth-order valence-electron chi connectivity index (χ4n) is 2.07. The van der Waals surface area contributed by atoms with E-state index in [2.05, 4.69) is 27.0 Å². The van der Waals surface area contributed by atoms with Gasteiger partial charge in [-0.15, -0.1) is 0 Å². The maximum absolute atomic E-state index is 4.44. The van der Waals surface area contributed by atoms with Gasteiger partial charge in [0.15, 0.2) is 0 Å². The Kier molecular flexibility index (Phi) is 3.69. The van der Waals surface area contributed by atoms with Crippen molar-refractivity contribution in [1.29, 1.82) is 0 Å². The lowest BCUT2D eigenvalue weighted by atomic mass is 10.2. The van der Waals surface area contributed by atoms with Crippen molar-refractivity contribution in [2.75, 3.05) is 4.90 Å². The molecule has 0 aliphatic carbocycles. The van der Waals surface area contributed by atoms with Gasteiger partial charge >= 0.3 is 0 Å². The highest BCUT2D eigenvalue weighted by molar-refractivity contribution is 5.55. The lowest BCUT2D eigenvalue weighted by molar-refractivity contribution is 0.923. The number of aromatic nitrogens is 2. The molecule has 20 heavy (non-hydrogen) atoms. The van der Waals surface area contributed by atoms with Gasteiger partial charge in [0.25, 0.3) is 0 Å². The minimum absolute atomic E-state index is 0.745. The summed E-state index contributed by atoms with van der Waals surface area (Å²) in [4.78, 5) is 11.0. The number of rotatable bonds is 4. The first-order valence-electron chi connectivity index (χ1n) is 6.57. The van der Waals surface area contributed by atoms with Crippen LogP contribution in [0.4, 0.5) is 11.6 Å². The molecule has 0 saturated heterocycles. The Morgan fingerprint density at radius 3 is 1.70 bits per heavy atom. The molecule has 3 nitrogen and oxygen atoms in total. The van der Waals surface area contributed by atoms with Crippen LogP contribution in [0.3, 0.4) is 0 Å². The molecule has 3 heteroatoms. The van der Waals surface area contributed by atoms with Crippen molar-refractivity contribution >= 4 is 11.6 Å². The Hall–Kier alpha value is -2.68. The van der Waals surface area contributed by atoms with Gasteiger partial charge in [0.1, 0.15) is 11.6 Å². The molecule has 0 atom stereocenters. The smallest absolute Gasteiger partial charge is 0.134 e. The van der Waals surface area contributed by atoms with Gasteiger partial charge in [-0.3, -0.25) is 0 Å². The van der Waals surface area contributed by atoms with Gasteiger partial charge in [0.2, 0.25) is 0 Å². The third-order valence-electron chi connectivity index (χ3n) is 3.04. The third kappa shape index (κ3) is 2.83. The SMILES string of the molecule is c1ccc(CN(c2ccccn2)c2ccccn2)cc1. The predicted octanol–water partition coefficient (Wildman–Crippen LogP) is 3.81. The summed E-state index contributed by atoms with van der Waals surface area (Å²) in [5, 5.41) is 0. The van der Waals surface area contributed by atoms with Crippen LogP contribution in [-0.2, 0) is 6.54 Å². The molecule has 1 aromatic carbocycles. The first-order valence-corrected chi connectivity index (χ1v) is 6.57. The highest BCUT2D eigenvalue weighted by atomic mass is 15.2. The van der Waals surface area contributed by atoms with Crippen molar-refractivity contribution in [3.63, 3.8) is 0 Å². The Morgan fingerprint density at radius 2 is 1.20 bits per heavy atom. The van der Waals surface area contributed by atoms with Gasteiger partial charge in [-0.1, -0.05) is 42.5 Å². The minimum Gasteiger partial charge on any atom is -0.307 e. The van der Waals surface area contributed by atoms with Crippen LogP contribution in [0.2, 0.25) is 0 Å². The van der Waals surface area contributed by atoms with Crippen molar-refractivity contribution in [3.05, 3.63) is 84.7 Å². The molecule has 3 rings (SSSR count). The zero-order chi connectivity index (χ0) is 13.6. The van der Waals surface area contributed by atoms with Crippen molar-refractivity contribution < 1.29 is 0 Å². The minimum atomic E-state index is 0.745. The van der Waals surface area contributed by atoms with E-state index >= 15 is 0 Å². The maximum atomic E-state index is 4.44. The molecule has 0 bridgehead atoms. The molecule has 0 N–H and O–H groups in total. The van der Waals surface area contributed by atoms with Crippen molar-refractivity contribution in [2.24, 2.45) is 0 Å². The summed E-state index contributed by atoms with van der Waals surface area (Å²) in [5.41, 5.74) is 1.23. The van der Waals surface area contributed by atoms with Crippen LogP contribution >= 0.6 is 0 Å². The average molecular weight is 261 g/mol. The zero-order valence-electron chi connectivity index (χ0n) is 11.1. The fourth-order valence-corrected chi connectivity index (χ4v) is 2.07. The topological polar surface area (TPSA) is 29.0 Å². The van der Waals surface area contributed by atoms with Gasteiger partial charge in [-0.2, -0.15) is 0 Å². The summed E-state index contributed by atoms with van der Waals surface area (Å²) in [6.07, 6.45) is 3.60. The fraction of sp³-hybridized carbons (Fsp3) is 0.0588. The van der Waals surface area contributed by atoms with E-state index in [1.807, 2.05) is 54.6 Å². The highest BCUT2D eigenvalue weighted by Gasteiger charge is 2.11. The third-order valence-corrected chi connectivity index (χ3v) is 3.04. The summed E-state index contributed by atoms with van der Waals surface area (Å²) in [6, 6.07) is 22.1. The molecule has 0 saturated carbocycles. The zero-order valence-corrected chi connectivity index (χ0v) is 11.1. The van der Waals surface area contributed by atoms with E-state index in [4.69, 9.17) is 0 Å². The van der Waals surface area contributed by atoms with Crippen LogP contribution in [0.15, 0.2) is 79.1 Å². The molecule has 0 fully saturated rings. The van der Waals surface area contributed by atoms with E-state index in [1.54, 1.807) is 12.4 Å². The van der Waals surface area contributed by atoms with Gasteiger partial charge in [0.05, 0.1) is 6.54 Å². The second-order valence-corrected chi connectivity index (χ2v) is 4.45. The first kappa shape index (κ1) is 12.4.